The van der Waals surface area contributed by atoms with E-state index >= 15 is 0 Å². The van der Waals surface area contributed by atoms with Crippen LogP contribution >= 0.6 is 11.6 Å². The molecule has 5 nitrogen and oxygen atoms in total. The fraction of sp³-hybridized carbons (Fsp3) is 0.296. The number of alkyl halides is 3. The van der Waals surface area contributed by atoms with Crippen LogP contribution in [0.2, 0.25) is 5.02 Å². The summed E-state index contributed by atoms with van der Waals surface area (Å²) in [7, 11) is 5.14. The van der Waals surface area contributed by atoms with Crippen LogP contribution < -0.4 is 10.6 Å². The van der Waals surface area contributed by atoms with Crippen LogP contribution in [0.4, 0.5) is 18.9 Å². The van der Waals surface area contributed by atoms with Crippen LogP contribution in [-0.4, -0.2) is 33.3 Å². The molecule has 0 fully saturated rings. The van der Waals surface area contributed by atoms with Crippen LogP contribution in [-0.2, 0) is 20.4 Å². The molecule has 0 heterocycles. The monoisotopic (exact) mass is 524 g/mol. The van der Waals surface area contributed by atoms with Crippen LogP contribution in [0.3, 0.4) is 0 Å². The molecule has 1 aliphatic carbocycles. The van der Waals surface area contributed by atoms with E-state index in [1.54, 1.807) is 20.1 Å². The molecule has 0 spiro atoms. The lowest BCUT2D eigenvalue weighted by Crippen LogP contribution is -2.14. The number of halogens is 4. The highest BCUT2D eigenvalue weighted by Gasteiger charge is 2.33. The van der Waals surface area contributed by atoms with Gasteiger partial charge in [-0.05, 0) is 62.3 Å². The number of benzene rings is 1. The third kappa shape index (κ3) is 9.79. The number of carbonyl (C=O) groups excluding carboxylic acids is 1. The summed E-state index contributed by atoms with van der Waals surface area (Å²) in [5, 5.41) is 5.05. The number of amides is 1. The molecule has 0 saturated heterocycles. The number of nitrogens with one attached hydrogen (secondary N) is 2. The number of methoxy groups -OCH3 is 2. The smallest absolute Gasteiger partial charge is 0.417 e. The molecule has 0 bridgehead atoms. The van der Waals surface area contributed by atoms with Crippen molar-refractivity contribution in [3.8, 4) is 0 Å². The maximum atomic E-state index is 12.8. The van der Waals surface area contributed by atoms with E-state index in [1.807, 2.05) is 14.0 Å². The predicted molar refractivity (Wildman–Crippen MR) is 140 cm³/mol. The van der Waals surface area contributed by atoms with E-state index in [0.29, 0.717) is 5.76 Å². The van der Waals surface area contributed by atoms with Crippen molar-refractivity contribution in [1.82, 2.24) is 5.32 Å². The SMILES string of the molecule is C=C(/C=C\C(=C/C)OC)C(=O)Nc1ccc(Cl)c(C(F)(F)F)c1.CC=C(NC)C1=CCC(OC)C=C1. The van der Waals surface area contributed by atoms with Crippen molar-refractivity contribution in [2.24, 2.45) is 0 Å². The van der Waals surface area contributed by atoms with E-state index in [0.717, 1.165) is 18.6 Å². The predicted octanol–water partition coefficient (Wildman–Crippen LogP) is 6.97. The fourth-order valence-electron chi connectivity index (χ4n) is 3.00. The van der Waals surface area contributed by atoms with Gasteiger partial charge in [0.25, 0.3) is 5.91 Å². The van der Waals surface area contributed by atoms with Crippen molar-refractivity contribution in [2.45, 2.75) is 32.5 Å². The van der Waals surface area contributed by atoms with E-state index in [1.165, 1.54) is 36.6 Å². The molecule has 2 N–H and O–H groups in total. The first-order valence-electron chi connectivity index (χ1n) is 11.0. The first-order valence-corrected chi connectivity index (χ1v) is 11.4. The Labute approximate surface area is 215 Å². The lowest BCUT2D eigenvalue weighted by atomic mass is 10.0. The van der Waals surface area contributed by atoms with Crippen LogP contribution in [0.25, 0.3) is 0 Å². The molecule has 9 heteroatoms. The summed E-state index contributed by atoms with van der Waals surface area (Å²) in [4.78, 5) is 11.9. The number of ether oxygens (including phenoxy) is 2. The highest BCUT2D eigenvalue weighted by Crippen LogP contribution is 2.36. The van der Waals surface area contributed by atoms with Gasteiger partial charge in [-0.15, -0.1) is 0 Å². The Hall–Kier alpha value is -3.23. The highest BCUT2D eigenvalue weighted by atomic mass is 35.5. The quantitative estimate of drug-likeness (QED) is 0.219. The van der Waals surface area contributed by atoms with Gasteiger partial charge >= 0.3 is 6.18 Å². The molecule has 0 aromatic heterocycles. The summed E-state index contributed by atoms with van der Waals surface area (Å²) in [5.74, 6) is -0.118. The molecule has 36 heavy (non-hydrogen) atoms. The van der Waals surface area contributed by atoms with Crippen LogP contribution in [0.1, 0.15) is 25.8 Å². The zero-order chi connectivity index (χ0) is 27.3. The number of likely N-dealkylation sites (N-methyl/N-ethyl adjacent to an activating group) is 1. The Balaban J connectivity index is 0.000000420. The standard InChI is InChI=1S/C16H15ClF3NO2.C11H17NO/c1-4-12(23-3)7-5-10(2)15(22)21-11-6-8-14(17)13(9-11)16(18,19)20;1-4-11(12-2)9-5-7-10(13-3)8-6-9/h4-9H,2H2,1,3H3,(H,21,22);4-7,10,12H,8H2,1-3H3/b7-5-,12-4+;. The second-order valence-corrected chi connectivity index (χ2v) is 7.79. The summed E-state index contributed by atoms with van der Waals surface area (Å²) >= 11 is 5.51. The van der Waals surface area contributed by atoms with E-state index < -0.39 is 22.7 Å². The van der Waals surface area contributed by atoms with Gasteiger partial charge in [-0.2, -0.15) is 13.2 Å². The maximum absolute atomic E-state index is 12.8. The Morgan fingerprint density at radius 2 is 1.89 bits per heavy atom. The minimum absolute atomic E-state index is 0.0285. The third-order valence-corrected chi connectivity index (χ3v) is 5.35. The van der Waals surface area contributed by atoms with Gasteiger partial charge in [-0.1, -0.05) is 42.5 Å². The normalized spacial score (nSPS) is 16.1. The van der Waals surface area contributed by atoms with Crippen LogP contribution in [0, 0.1) is 0 Å². The van der Waals surface area contributed by atoms with Crippen LogP contribution in [0.15, 0.2) is 89.9 Å². The second-order valence-electron chi connectivity index (χ2n) is 7.38. The van der Waals surface area contributed by atoms with Gasteiger partial charge in [0.05, 0.1) is 23.8 Å². The van der Waals surface area contributed by atoms with E-state index in [-0.39, 0.29) is 17.4 Å². The van der Waals surface area contributed by atoms with Gasteiger partial charge in [0, 0.05) is 31.1 Å². The van der Waals surface area contributed by atoms with E-state index in [2.05, 4.69) is 41.5 Å². The fourth-order valence-corrected chi connectivity index (χ4v) is 3.23. The highest BCUT2D eigenvalue weighted by molar-refractivity contribution is 6.31. The minimum Gasteiger partial charge on any atom is -0.497 e. The second kappa shape index (κ2) is 15.0. The summed E-state index contributed by atoms with van der Waals surface area (Å²) in [6, 6.07) is 3.12. The molecule has 2 rings (SSSR count). The van der Waals surface area contributed by atoms with E-state index in [4.69, 9.17) is 21.1 Å². The Morgan fingerprint density at radius 1 is 1.19 bits per heavy atom. The van der Waals surface area contributed by atoms with Gasteiger partial charge in [0.15, 0.2) is 0 Å². The molecule has 0 radical (unpaired) electrons. The molecule has 0 saturated carbocycles. The average molecular weight is 525 g/mol. The van der Waals surface area contributed by atoms with Gasteiger partial charge < -0.3 is 20.1 Å². The summed E-state index contributed by atoms with van der Waals surface area (Å²) in [6.45, 7) is 7.33. The van der Waals surface area contributed by atoms with Gasteiger partial charge in [0.2, 0.25) is 0 Å². The minimum atomic E-state index is -4.60. The van der Waals surface area contributed by atoms with Crippen molar-refractivity contribution in [3.05, 3.63) is 100 Å². The molecule has 1 aromatic rings. The molecule has 1 unspecified atom stereocenters. The molecule has 196 valence electrons. The van der Waals surface area contributed by atoms with E-state index in [9.17, 15) is 18.0 Å². The number of allylic oxidation sites excluding steroid dienone is 4. The lowest BCUT2D eigenvalue weighted by molar-refractivity contribution is -0.137. The summed E-state index contributed by atoms with van der Waals surface area (Å²) < 4.78 is 48.5. The summed E-state index contributed by atoms with van der Waals surface area (Å²) in [5.41, 5.74) is 1.43. The molecule has 1 amide bonds. The van der Waals surface area contributed by atoms with Gasteiger partial charge in [-0.3, -0.25) is 4.79 Å². The van der Waals surface area contributed by atoms with Crippen molar-refractivity contribution >= 4 is 23.2 Å². The average Bonchev–Trinajstić information content (AvgIpc) is 2.86. The lowest BCUT2D eigenvalue weighted by Gasteiger charge is -2.16. The van der Waals surface area contributed by atoms with Crippen LogP contribution in [0.5, 0.6) is 0 Å². The molecule has 1 atom stereocenters. The van der Waals surface area contributed by atoms with Gasteiger partial charge in [-0.25, -0.2) is 0 Å². The Bertz CT molecular complexity index is 1070. The maximum Gasteiger partial charge on any atom is 0.417 e. The zero-order valence-corrected chi connectivity index (χ0v) is 21.8. The van der Waals surface area contributed by atoms with Crippen molar-refractivity contribution in [3.63, 3.8) is 0 Å². The molecule has 1 aliphatic rings. The van der Waals surface area contributed by atoms with Crippen molar-refractivity contribution in [2.75, 3.05) is 26.6 Å². The number of carbonyl (C=O) groups is 1. The first-order chi connectivity index (χ1) is 17.0. The number of hydrogen-bond donors (Lipinski definition) is 2. The number of rotatable bonds is 8. The molecular weight excluding hydrogens is 493 g/mol. The number of anilines is 1. The van der Waals surface area contributed by atoms with Crippen molar-refractivity contribution < 1.29 is 27.4 Å². The third-order valence-electron chi connectivity index (χ3n) is 5.02. The molecule has 1 aromatic carbocycles. The first kappa shape index (κ1) is 30.8. The van der Waals surface area contributed by atoms with Crippen molar-refractivity contribution in [1.29, 1.82) is 0 Å². The topological polar surface area (TPSA) is 59.6 Å². The zero-order valence-electron chi connectivity index (χ0n) is 21.0. The molecule has 0 aliphatic heterocycles. The van der Waals surface area contributed by atoms with Gasteiger partial charge in [0.1, 0.15) is 5.76 Å². The molecular formula is C27H32ClF3N2O3. The Morgan fingerprint density at radius 3 is 2.36 bits per heavy atom. The summed E-state index contributed by atoms with van der Waals surface area (Å²) in [6.07, 6.45) is 9.66. The largest absolute Gasteiger partial charge is 0.497 e. The Kier molecular flexibility index (Phi) is 12.8. The number of hydrogen-bond acceptors (Lipinski definition) is 4.